The van der Waals surface area contributed by atoms with Crippen LogP contribution in [0.4, 0.5) is 0 Å². The van der Waals surface area contributed by atoms with Crippen molar-refractivity contribution in [1.29, 1.82) is 0 Å². The highest BCUT2D eigenvalue weighted by molar-refractivity contribution is 6.35. The molecule has 3 rings (SSSR count). The van der Waals surface area contributed by atoms with Crippen LogP contribution in [0.15, 0.2) is 30.6 Å². The van der Waals surface area contributed by atoms with E-state index < -0.39 is 0 Å². The minimum absolute atomic E-state index is 0.0170. The number of nitrogens with two attached hydrogens (primary N) is 1. The Morgan fingerprint density at radius 3 is 2.92 bits per heavy atom. The molecular weight excluding hydrogens is 347 g/mol. The smallest absolute Gasteiger partial charge is 0.257 e. The highest BCUT2D eigenvalue weighted by Crippen LogP contribution is 2.25. The number of benzene rings is 1. The Bertz CT molecular complexity index is 744. The van der Waals surface area contributed by atoms with Gasteiger partial charge in [0.15, 0.2) is 0 Å². The van der Waals surface area contributed by atoms with Crippen LogP contribution in [0.1, 0.15) is 30.1 Å². The number of aromatic nitrogens is 2. The number of piperidine rings is 1. The van der Waals surface area contributed by atoms with E-state index >= 15 is 0 Å². The largest absolute Gasteiger partial charge is 0.338 e. The van der Waals surface area contributed by atoms with Crippen molar-refractivity contribution >= 4 is 29.1 Å². The fourth-order valence-electron chi connectivity index (χ4n) is 3.04. The molecule has 1 aromatic carbocycles. The fraction of sp³-hybridized carbons (Fsp3) is 0.412. The summed E-state index contributed by atoms with van der Waals surface area (Å²) in [5, 5.41) is 5.31. The third-order valence-electron chi connectivity index (χ3n) is 4.47. The average molecular weight is 367 g/mol. The number of nitrogens with zero attached hydrogens (tertiary/aromatic N) is 3. The molecular formula is C17H20Cl2N4O. The van der Waals surface area contributed by atoms with Crippen LogP contribution in [0.3, 0.4) is 0 Å². The fourth-order valence-corrected chi connectivity index (χ4v) is 3.53. The first-order chi connectivity index (χ1) is 11.5. The monoisotopic (exact) mass is 366 g/mol. The molecule has 0 radical (unpaired) electrons. The van der Waals surface area contributed by atoms with Gasteiger partial charge in [-0.3, -0.25) is 4.79 Å². The van der Waals surface area contributed by atoms with Crippen LogP contribution in [0.2, 0.25) is 10.0 Å². The van der Waals surface area contributed by atoms with E-state index in [9.17, 15) is 4.79 Å². The van der Waals surface area contributed by atoms with Crippen molar-refractivity contribution in [2.75, 3.05) is 13.1 Å². The van der Waals surface area contributed by atoms with Gasteiger partial charge in [-0.15, -0.1) is 0 Å². The van der Waals surface area contributed by atoms with Crippen molar-refractivity contribution in [2.45, 2.75) is 25.8 Å². The molecule has 2 N–H and O–H groups in total. The molecule has 0 unspecified atom stereocenters. The summed E-state index contributed by atoms with van der Waals surface area (Å²) in [4.78, 5) is 14.6. The minimum Gasteiger partial charge on any atom is -0.338 e. The minimum atomic E-state index is -0.0170. The number of amides is 1. The van der Waals surface area contributed by atoms with E-state index in [0.29, 0.717) is 33.8 Å². The first kappa shape index (κ1) is 17.3. The van der Waals surface area contributed by atoms with Crippen LogP contribution < -0.4 is 5.73 Å². The maximum atomic E-state index is 12.7. The van der Waals surface area contributed by atoms with Crippen molar-refractivity contribution in [2.24, 2.45) is 11.7 Å². The molecule has 1 aliphatic heterocycles. The SMILES string of the molecule is C[C@@H](N)[C@@H]1CCCN(C(=O)c2cnn(-c3ccc(Cl)cc3Cl)c2)C1. The van der Waals surface area contributed by atoms with Crippen molar-refractivity contribution < 1.29 is 4.79 Å². The summed E-state index contributed by atoms with van der Waals surface area (Å²) in [5.41, 5.74) is 7.23. The van der Waals surface area contributed by atoms with Crippen LogP contribution >= 0.6 is 23.2 Å². The van der Waals surface area contributed by atoms with Gasteiger partial charge in [0.05, 0.1) is 22.5 Å². The number of hydrogen-bond acceptors (Lipinski definition) is 3. The van der Waals surface area contributed by atoms with E-state index in [4.69, 9.17) is 28.9 Å². The molecule has 2 aromatic rings. The van der Waals surface area contributed by atoms with Crippen molar-refractivity contribution in [3.8, 4) is 5.69 Å². The Morgan fingerprint density at radius 1 is 1.42 bits per heavy atom. The van der Waals surface area contributed by atoms with Gasteiger partial charge in [-0.2, -0.15) is 5.10 Å². The third-order valence-corrected chi connectivity index (χ3v) is 5.01. The summed E-state index contributed by atoms with van der Waals surface area (Å²) in [5.74, 6) is 0.333. The number of hydrogen-bond donors (Lipinski definition) is 1. The van der Waals surface area contributed by atoms with Crippen LogP contribution in [0, 0.1) is 5.92 Å². The Morgan fingerprint density at radius 2 is 2.21 bits per heavy atom. The predicted octanol–water partition coefficient (Wildman–Crippen LogP) is 3.38. The first-order valence-corrected chi connectivity index (χ1v) is 8.76. The zero-order valence-electron chi connectivity index (χ0n) is 13.5. The lowest BCUT2D eigenvalue weighted by Gasteiger charge is -2.34. The summed E-state index contributed by atoms with van der Waals surface area (Å²) in [6.07, 6.45) is 5.33. The van der Waals surface area contributed by atoms with Gasteiger partial charge in [0.25, 0.3) is 5.91 Å². The Balaban J connectivity index is 1.78. The van der Waals surface area contributed by atoms with Gasteiger partial charge in [-0.1, -0.05) is 23.2 Å². The molecule has 1 aliphatic rings. The van der Waals surface area contributed by atoms with E-state index in [1.54, 1.807) is 35.3 Å². The van der Waals surface area contributed by atoms with Gasteiger partial charge in [0.1, 0.15) is 0 Å². The maximum absolute atomic E-state index is 12.7. The number of halogens is 2. The molecule has 1 saturated heterocycles. The second-order valence-corrected chi connectivity index (χ2v) is 7.13. The molecule has 5 nitrogen and oxygen atoms in total. The van der Waals surface area contributed by atoms with Crippen molar-refractivity contribution in [1.82, 2.24) is 14.7 Å². The van der Waals surface area contributed by atoms with Crippen LogP contribution in [-0.4, -0.2) is 39.7 Å². The molecule has 1 fully saturated rings. The van der Waals surface area contributed by atoms with E-state index in [1.165, 1.54) is 0 Å². The molecule has 7 heteroatoms. The number of carbonyl (C=O) groups excluding carboxylic acids is 1. The lowest BCUT2D eigenvalue weighted by molar-refractivity contribution is 0.0661. The Hall–Kier alpha value is -1.56. The molecule has 0 bridgehead atoms. The van der Waals surface area contributed by atoms with Gasteiger partial charge in [0, 0.05) is 30.4 Å². The summed E-state index contributed by atoms with van der Waals surface area (Å²) in [7, 11) is 0. The normalized spacial score (nSPS) is 19.3. The molecule has 1 amide bonds. The van der Waals surface area contributed by atoms with Crippen molar-refractivity contribution in [3.05, 3.63) is 46.2 Å². The van der Waals surface area contributed by atoms with Gasteiger partial charge >= 0.3 is 0 Å². The van der Waals surface area contributed by atoms with Gasteiger partial charge in [-0.05, 0) is 43.9 Å². The van der Waals surface area contributed by atoms with Gasteiger partial charge < -0.3 is 10.6 Å². The topological polar surface area (TPSA) is 64.2 Å². The number of likely N-dealkylation sites (tertiary alicyclic amines) is 1. The van der Waals surface area contributed by atoms with E-state index in [1.807, 2.05) is 11.8 Å². The zero-order valence-corrected chi connectivity index (χ0v) is 15.0. The van der Waals surface area contributed by atoms with Crippen LogP contribution in [0.5, 0.6) is 0 Å². The second kappa shape index (κ2) is 7.13. The van der Waals surface area contributed by atoms with Crippen molar-refractivity contribution in [3.63, 3.8) is 0 Å². The van der Waals surface area contributed by atoms with E-state index in [0.717, 1.165) is 19.4 Å². The number of carbonyl (C=O) groups is 1. The first-order valence-electron chi connectivity index (χ1n) is 8.00. The summed E-state index contributed by atoms with van der Waals surface area (Å²) < 4.78 is 1.60. The lowest BCUT2D eigenvalue weighted by Crippen LogP contribution is -2.45. The highest BCUT2D eigenvalue weighted by atomic mass is 35.5. The Labute approximate surface area is 151 Å². The third kappa shape index (κ3) is 3.58. The molecule has 24 heavy (non-hydrogen) atoms. The van der Waals surface area contributed by atoms with E-state index in [-0.39, 0.29) is 11.9 Å². The number of rotatable bonds is 3. The van der Waals surface area contributed by atoms with Crippen LogP contribution in [-0.2, 0) is 0 Å². The molecule has 128 valence electrons. The van der Waals surface area contributed by atoms with Gasteiger partial charge in [0.2, 0.25) is 0 Å². The molecule has 0 spiro atoms. The van der Waals surface area contributed by atoms with E-state index in [2.05, 4.69) is 5.10 Å². The quantitative estimate of drug-likeness (QED) is 0.905. The summed E-state index contributed by atoms with van der Waals surface area (Å²) in [6, 6.07) is 5.26. The zero-order chi connectivity index (χ0) is 17.3. The second-order valence-electron chi connectivity index (χ2n) is 6.28. The predicted molar refractivity (Wildman–Crippen MR) is 95.9 cm³/mol. The molecule has 0 aliphatic carbocycles. The summed E-state index contributed by atoms with van der Waals surface area (Å²) >= 11 is 12.1. The van der Waals surface area contributed by atoms with Crippen LogP contribution in [0.25, 0.3) is 5.69 Å². The molecule has 2 atom stereocenters. The maximum Gasteiger partial charge on any atom is 0.257 e. The molecule has 0 saturated carbocycles. The summed E-state index contributed by atoms with van der Waals surface area (Å²) in [6.45, 7) is 3.46. The molecule has 1 aromatic heterocycles. The Kier molecular flexibility index (Phi) is 5.13. The lowest BCUT2D eigenvalue weighted by atomic mass is 9.92. The molecule has 2 heterocycles. The van der Waals surface area contributed by atoms with Gasteiger partial charge in [-0.25, -0.2) is 4.68 Å². The standard InChI is InChI=1S/C17H20Cl2N4O/c1-11(20)12-3-2-6-22(9-12)17(24)13-8-21-23(10-13)16-5-4-14(18)7-15(16)19/h4-5,7-8,10-12H,2-3,6,9,20H2,1H3/t11-,12-/m1/s1. The average Bonchev–Trinajstić information content (AvgIpc) is 3.04. The highest BCUT2D eigenvalue weighted by Gasteiger charge is 2.27.